The third-order valence-corrected chi connectivity index (χ3v) is 4.31. The summed E-state index contributed by atoms with van der Waals surface area (Å²) in [4.78, 5) is 20.4. The third-order valence-electron chi connectivity index (χ3n) is 4.31. The molecule has 0 radical (unpaired) electrons. The number of amides is 1. The standard InChI is InChI=1S/C18H19N5O3/c1-2-11-5-7-20-18(24)25-10-16-19-8-6-15(21-16)17-13-9-12(26-11)3-4-14(13)22-23-17/h3-4,6,8-9,11H,2,5,7,10H2,1H3,(H,20,24)(H,22,23)/t11-/m1/s1. The molecule has 26 heavy (non-hydrogen) atoms. The Morgan fingerprint density at radius 1 is 1.31 bits per heavy atom. The average Bonchev–Trinajstić information content (AvgIpc) is 3.08. The third kappa shape index (κ3) is 3.30. The Bertz CT molecular complexity index is 939. The zero-order valence-corrected chi connectivity index (χ0v) is 14.4. The van der Waals surface area contributed by atoms with E-state index in [9.17, 15) is 4.79 Å². The van der Waals surface area contributed by atoms with Gasteiger partial charge in [0.25, 0.3) is 0 Å². The number of H-pyrrole nitrogens is 1. The molecule has 2 N–H and O–H groups in total. The summed E-state index contributed by atoms with van der Waals surface area (Å²) >= 11 is 0. The largest absolute Gasteiger partial charge is 0.490 e. The first-order valence-corrected chi connectivity index (χ1v) is 8.60. The number of alkyl carbamates (subject to hydrolysis) is 1. The maximum absolute atomic E-state index is 11.8. The highest BCUT2D eigenvalue weighted by molar-refractivity contribution is 5.92. The normalized spacial score (nSPS) is 17.7. The summed E-state index contributed by atoms with van der Waals surface area (Å²) in [6, 6.07) is 7.60. The lowest BCUT2D eigenvalue weighted by atomic mass is 10.1. The number of cyclic esters (lactones) is 1. The number of hydrogen-bond donors (Lipinski definition) is 2. The Morgan fingerprint density at radius 3 is 3.12 bits per heavy atom. The molecular formula is C18H19N5O3. The van der Waals surface area contributed by atoms with Crippen molar-refractivity contribution in [2.24, 2.45) is 0 Å². The van der Waals surface area contributed by atoms with Crippen LogP contribution < -0.4 is 10.1 Å². The monoisotopic (exact) mass is 353 g/mol. The van der Waals surface area contributed by atoms with E-state index in [4.69, 9.17) is 9.47 Å². The second-order valence-electron chi connectivity index (χ2n) is 6.08. The van der Waals surface area contributed by atoms with Crippen LogP contribution in [0, 0.1) is 0 Å². The van der Waals surface area contributed by atoms with Crippen molar-refractivity contribution in [3.05, 3.63) is 36.3 Å². The molecule has 2 aromatic heterocycles. The maximum Gasteiger partial charge on any atom is 0.407 e. The Hall–Kier alpha value is -3.16. The van der Waals surface area contributed by atoms with Gasteiger partial charge < -0.3 is 14.8 Å². The molecule has 3 heterocycles. The summed E-state index contributed by atoms with van der Waals surface area (Å²) in [7, 11) is 0. The van der Waals surface area contributed by atoms with Crippen molar-refractivity contribution in [2.45, 2.75) is 32.5 Å². The highest BCUT2D eigenvalue weighted by Crippen LogP contribution is 2.29. The number of carbonyl (C=O) groups excluding carboxylic acids is 1. The fourth-order valence-corrected chi connectivity index (χ4v) is 2.92. The second-order valence-corrected chi connectivity index (χ2v) is 6.08. The molecule has 0 aliphatic carbocycles. The fourth-order valence-electron chi connectivity index (χ4n) is 2.92. The number of ether oxygens (including phenoxy) is 2. The van der Waals surface area contributed by atoms with Crippen molar-refractivity contribution in [3.8, 4) is 17.1 Å². The van der Waals surface area contributed by atoms with Gasteiger partial charge in [0.05, 0.1) is 11.2 Å². The van der Waals surface area contributed by atoms with E-state index in [1.807, 2.05) is 18.2 Å². The molecular weight excluding hydrogens is 334 g/mol. The van der Waals surface area contributed by atoms with Crippen LogP contribution in [-0.4, -0.2) is 38.9 Å². The summed E-state index contributed by atoms with van der Waals surface area (Å²) < 4.78 is 11.3. The molecule has 0 fully saturated rings. The summed E-state index contributed by atoms with van der Waals surface area (Å²) in [5, 5.41) is 11.1. The number of benzene rings is 1. The van der Waals surface area contributed by atoms with Crippen LogP contribution >= 0.6 is 0 Å². The number of nitrogens with zero attached hydrogens (tertiary/aromatic N) is 3. The van der Waals surface area contributed by atoms with E-state index in [-0.39, 0.29) is 12.7 Å². The SMILES string of the molecule is CC[C@@H]1CCNC(=O)OCc2nccc(n2)-c2n[nH]c3ccc(cc23)O1. The van der Waals surface area contributed by atoms with E-state index in [2.05, 4.69) is 32.4 Å². The number of rotatable bonds is 1. The van der Waals surface area contributed by atoms with Crippen molar-refractivity contribution in [1.29, 1.82) is 0 Å². The Kier molecular flexibility index (Phi) is 4.39. The second kappa shape index (κ2) is 6.99. The van der Waals surface area contributed by atoms with Crippen LogP contribution in [0.2, 0.25) is 0 Å². The van der Waals surface area contributed by atoms with Gasteiger partial charge in [-0.05, 0) is 30.7 Å². The number of fused-ring (bicyclic) bond motifs is 4. The van der Waals surface area contributed by atoms with Crippen molar-refractivity contribution in [2.75, 3.05) is 6.54 Å². The first-order chi connectivity index (χ1) is 12.7. The first-order valence-electron chi connectivity index (χ1n) is 8.60. The van der Waals surface area contributed by atoms with Gasteiger partial charge in [-0.1, -0.05) is 6.92 Å². The Labute approximate surface area is 149 Å². The molecule has 0 unspecified atom stereocenters. The zero-order valence-electron chi connectivity index (χ0n) is 14.4. The van der Waals surface area contributed by atoms with E-state index >= 15 is 0 Å². The minimum atomic E-state index is -0.494. The molecule has 1 amide bonds. The van der Waals surface area contributed by atoms with Gasteiger partial charge in [-0.3, -0.25) is 5.10 Å². The topological polar surface area (TPSA) is 102 Å². The number of aromatic nitrogens is 4. The lowest BCUT2D eigenvalue weighted by Gasteiger charge is -2.18. The predicted molar refractivity (Wildman–Crippen MR) is 94.6 cm³/mol. The van der Waals surface area contributed by atoms with Crippen molar-refractivity contribution in [3.63, 3.8) is 0 Å². The molecule has 4 bridgehead atoms. The van der Waals surface area contributed by atoms with Crippen molar-refractivity contribution >= 4 is 17.0 Å². The molecule has 4 rings (SSSR count). The highest BCUT2D eigenvalue weighted by atomic mass is 16.5. The molecule has 1 atom stereocenters. The minimum absolute atomic E-state index is 0.000977. The molecule has 3 aromatic rings. The van der Waals surface area contributed by atoms with E-state index in [1.165, 1.54) is 0 Å². The van der Waals surface area contributed by atoms with Crippen LogP contribution in [0.3, 0.4) is 0 Å². The smallest absolute Gasteiger partial charge is 0.407 e. The maximum atomic E-state index is 11.8. The van der Waals surface area contributed by atoms with Gasteiger partial charge in [-0.2, -0.15) is 5.10 Å². The molecule has 0 saturated heterocycles. The van der Waals surface area contributed by atoms with Gasteiger partial charge in [-0.15, -0.1) is 0 Å². The molecule has 0 saturated carbocycles. The van der Waals surface area contributed by atoms with Gasteiger partial charge in [0.2, 0.25) is 0 Å². The summed E-state index contributed by atoms with van der Waals surface area (Å²) in [6.07, 6.45) is 2.65. The van der Waals surface area contributed by atoms with Gasteiger partial charge in [0.1, 0.15) is 17.5 Å². The Balaban J connectivity index is 1.78. The minimum Gasteiger partial charge on any atom is -0.490 e. The van der Waals surface area contributed by atoms with Crippen LogP contribution in [0.1, 0.15) is 25.6 Å². The lowest BCUT2D eigenvalue weighted by Crippen LogP contribution is -2.29. The molecule has 8 nitrogen and oxygen atoms in total. The average molecular weight is 353 g/mol. The van der Waals surface area contributed by atoms with Gasteiger partial charge in [0, 0.05) is 24.5 Å². The number of carbonyl (C=O) groups is 1. The molecule has 8 heteroatoms. The highest BCUT2D eigenvalue weighted by Gasteiger charge is 2.15. The molecule has 0 spiro atoms. The van der Waals surface area contributed by atoms with Gasteiger partial charge in [-0.25, -0.2) is 14.8 Å². The van der Waals surface area contributed by atoms with E-state index in [0.29, 0.717) is 30.2 Å². The quantitative estimate of drug-likeness (QED) is 0.697. The molecule has 1 aliphatic rings. The van der Waals surface area contributed by atoms with Crippen LogP contribution in [-0.2, 0) is 11.3 Å². The van der Waals surface area contributed by atoms with Crippen LogP contribution in [0.25, 0.3) is 22.3 Å². The Morgan fingerprint density at radius 2 is 2.23 bits per heavy atom. The van der Waals surface area contributed by atoms with Crippen LogP contribution in [0.15, 0.2) is 30.5 Å². The van der Waals surface area contributed by atoms with E-state index in [1.54, 1.807) is 12.3 Å². The molecule has 1 aliphatic heterocycles. The fraction of sp³-hybridized carbons (Fsp3) is 0.333. The van der Waals surface area contributed by atoms with Crippen molar-refractivity contribution in [1.82, 2.24) is 25.5 Å². The van der Waals surface area contributed by atoms with Gasteiger partial charge in [0.15, 0.2) is 12.4 Å². The zero-order chi connectivity index (χ0) is 17.9. The first kappa shape index (κ1) is 16.3. The van der Waals surface area contributed by atoms with Gasteiger partial charge >= 0.3 is 6.09 Å². The lowest BCUT2D eigenvalue weighted by molar-refractivity contribution is 0.133. The number of nitrogens with one attached hydrogen (secondary N) is 2. The predicted octanol–water partition coefficient (Wildman–Crippen LogP) is 2.81. The number of hydrogen-bond acceptors (Lipinski definition) is 6. The van der Waals surface area contributed by atoms with Crippen LogP contribution in [0.4, 0.5) is 4.79 Å². The van der Waals surface area contributed by atoms with E-state index < -0.39 is 6.09 Å². The molecule has 134 valence electrons. The molecule has 1 aromatic carbocycles. The summed E-state index contributed by atoms with van der Waals surface area (Å²) in [6.45, 7) is 2.53. The van der Waals surface area contributed by atoms with Crippen molar-refractivity contribution < 1.29 is 14.3 Å². The van der Waals surface area contributed by atoms with E-state index in [0.717, 1.165) is 23.1 Å². The van der Waals surface area contributed by atoms with Crippen LogP contribution in [0.5, 0.6) is 5.75 Å². The number of aromatic amines is 1. The summed E-state index contributed by atoms with van der Waals surface area (Å²) in [5.41, 5.74) is 2.27. The summed E-state index contributed by atoms with van der Waals surface area (Å²) in [5.74, 6) is 1.18.